The number of nitrogens with zero attached hydrogens (tertiary/aromatic N) is 5. The van der Waals surface area contributed by atoms with Crippen molar-refractivity contribution < 1.29 is 18.7 Å². The molecule has 156 valence electrons. The summed E-state index contributed by atoms with van der Waals surface area (Å²) in [6.07, 6.45) is 9.06. The summed E-state index contributed by atoms with van der Waals surface area (Å²) in [5, 5.41) is 0.963. The first kappa shape index (κ1) is 19.0. The molecule has 1 atom stereocenters. The van der Waals surface area contributed by atoms with Crippen molar-refractivity contribution in [2.24, 2.45) is 0 Å². The molecule has 1 aliphatic heterocycles. The molecule has 0 bridgehead atoms. The molecule has 0 N–H and O–H groups in total. The zero-order chi connectivity index (χ0) is 21.2. The number of ether oxygens (including phenoxy) is 2. The summed E-state index contributed by atoms with van der Waals surface area (Å²) in [6.45, 7) is -0.229. The Kier molecular flexibility index (Phi) is 4.91. The van der Waals surface area contributed by atoms with E-state index in [-0.39, 0.29) is 6.61 Å². The topological polar surface area (TPSA) is 82.4 Å². The third kappa shape index (κ3) is 3.77. The lowest BCUT2D eigenvalue weighted by molar-refractivity contribution is 0.103. The van der Waals surface area contributed by atoms with Crippen molar-refractivity contribution in [2.75, 3.05) is 18.1 Å². The number of aromatic nitrogens is 4. The Hall–Kier alpha value is -4.01. The highest BCUT2D eigenvalue weighted by Gasteiger charge is 2.33. The predicted molar refractivity (Wildman–Crippen MR) is 111 cm³/mol. The number of alkyl halides is 1. The second kappa shape index (κ2) is 8.02. The second-order valence-electron chi connectivity index (χ2n) is 7.06. The number of pyridine rings is 1. The Morgan fingerprint density at radius 1 is 1.16 bits per heavy atom. The van der Waals surface area contributed by atoms with Crippen LogP contribution in [0.2, 0.25) is 0 Å². The Bertz CT molecular complexity index is 1200. The first-order valence-corrected chi connectivity index (χ1v) is 9.70. The molecule has 3 aromatic heterocycles. The Balaban J connectivity index is 1.35. The van der Waals surface area contributed by atoms with Gasteiger partial charge >= 0.3 is 6.09 Å². The molecule has 0 radical (unpaired) electrons. The lowest BCUT2D eigenvalue weighted by atomic mass is 10.1. The minimum absolute atomic E-state index is 0.151. The fraction of sp³-hybridized carbons (Fsp3) is 0.182. The Morgan fingerprint density at radius 2 is 2.10 bits per heavy atom. The van der Waals surface area contributed by atoms with Crippen LogP contribution in [-0.2, 0) is 11.4 Å². The summed E-state index contributed by atoms with van der Waals surface area (Å²) < 4.78 is 26.6. The average Bonchev–Trinajstić information content (AvgIpc) is 3.41. The van der Waals surface area contributed by atoms with Gasteiger partial charge in [-0.15, -0.1) is 0 Å². The van der Waals surface area contributed by atoms with E-state index < -0.39 is 18.9 Å². The number of cyclic esters (lactones) is 1. The van der Waals surface area contributed by atoms with E-state index in [4.69, 9.17) is 9.47 Å². The van der Waals surface area contributed by atoms with Gasteiger partial charge in [-0.1, -0.05) is 0 Å². The van der Waals surface area contributed by atoms with Crippen molar-refractivity contribution in [3.05, 3.63) is 73.1 Å². The van der Waals surface area contributed by atoms with Crippen LogP contribution in [0.1, 0.15) is 5.56 Å². The number of fused-ring (bicyclic) bond motifs is 1. The van der Waals surface area contributed by atoms with Crippen molar-refractivity contribution >= 4 is 22.7 Å². The van der Waals surface area contributed by atoms with Crippen LogP contribution in [0.25, 0.3) is 16.6 Å². The van der Waals surface area contributed by atoms with Crippen LogP contribution < -0.4 is 9.64 Å². The molecule has 9 heteroatoms. The van der Waals surface area contributed by atoms with E-state index in [9.17, 15) is 9.18 Å². The lowest BCUT2D eigenvalue weighted by Crippen LogP contribution is -2.26. The fourth-order valence-electron chi connectivity index (χ4n) is 3.56. The van der Waals surface area contributed by atoms with Gasteiger partial charge in [0.15, 0.2) is 6.10 Å². The van der Waals surface area contributed by atoms with Gasteiger partial charge in [-0.25, -0.2) is 14.2 Å². The highest BCUT2D eigenvalue weighted by molar-refractivity contribution is 5.90. The lowest BCUT2D eigenvalue weighted by Gasteiger charge is -2.16. The SMILES string of the molecule is O=C1OC(COc2cnccn2)CN1c1ccc(-n2cc3cccnc3c2)c(CF)c1. The van der Waals surface area contributed by atoms with Crippen LogP contribution in [0, 0.1) is 0 Å². The second-order valence-corrected chi connectivity index (χ2v) is 7.06. The molecule has 31 heavy (non-hydrogen) atoms. The zero-order valence-corrected chi connectivity index (χ0v) is 16.4. The van der Waals surface area contributed by atoms with Gasteiger partial charge in [0.1, 0.15) is 13.3 Å². The monoisotopic (exact) mass is 419 g/mol. The number of benzene rings is 1. The molecule has 0 spiro atoms. The minimum atomic E-state index is -0.673. The van der Waals surface area contributed by atoms with E-state index in [0.29, 0.717) is 29.4 Å². The first-order valence-electron chi connectivity index (χ1n) is 9.70. The number of rotatable bonds is 6. The molecule has 1 saturated heterocycles. The number of anilines is 1. The molecular weight excluding hydrogens is 401 g/mol. The molecule has 0 aliphatic carbocycles. The highest BCUT2D eigenvalue weighted by Crippen LogP contribution is 2.28. The summed E-state index contributed by atoms with van der Waals surface area (Å²) in [4.78, 5) is 26.1. The van der Waals surface area contributed by atoms with E-state index in [1.807, 2.05) is 29.1 Å². The van der Waals surface area contributed by atoms with Crippen molar-refractivity contribution in [3.63, 3.8) is 0 Å². The number of halogens is 1. The Labute approximate surface area is 176 Å². The van der Waals surface area contributed by atoms with Gasteiger partial charge in [0.25, 0.3) is 0 Å². The molecule has 4 heterocycles. The standard InChI is InChI=1S/C22H18FN5O3/c23-9-16-8-17(3-4-20(16)27-11-15-2-1-5-25-19(15)13-27)28-12-18(31-22(28)29)14-30-21-10-24-6-7-26-21/h1-8,10-11,13,18H,9,12,14H2. The van der Waals surface area contributed by atoms with Gasteiger partial charge in [-0.2, -0.15) is 0 Å². The molecule has 1 amide bonds. The molecule has 1 aromatic carbocycles. The van der Waals surface area contributed by atoms with Gasteiger partial charge in [0.2, 0.25) is 5.88 Å². The van der Waals surface area contributed by atoms with Crippen LogP contribution in [0.15, 0.2) is 67.5 Å². The van der Waals surface area contributed by atoms with E-state index in [1.54, 1.807) is 30.6 Å². The van der Waals surface area contributed by atoms with Gasteiger partial charge in [0, 0.05) is 47.6 Å². The van der Waals surface area contributed by atoms with Crippen LogP contribution >= 0.6 is 0 Å². The summed E-state index contributed by atoms with van der Waals surface area (Å²) in [5.74, 6) is 0.356. The quantitative estimate of drug-likeness (QED) is 0.474. The number of amides is 1. The van der Waals surface area contributed by atoms with Gasteiger partial charge in [0.05, 0.1) is 23.9 Å². The molecular formula is C22H18FN5O3. The summed E-state index contributed by atoms with van der Waals surface area (Å²) in [5.41, 5.74) is 2.55. The van der Waals surface area contributed by atoms with E-state index in [2.05, 4.69) is 15.0 Å². The largest absolute Gasteiger partial charge is 0.473 e. The average molecular weight is 419 g/mol. The van der Waals surface area contributed by atoms with Crippen molar-refractivity contribution in [1.82, 2.24) is 19.5 Å². The Morgan fingerprint density at radius 3 is 2.90 bits per heavy atom. The van der Waals surface area contributed by atoms with Crippen LogP contribution in [0.4, 0.5) is 14.9 Å². The number of hydrogen-bond acceptors (Lipinski definition) is 6. The molecule has 8 nitrogen and oxygen atoms in total. The summed E-state index contributed by atoms with van der Waals surface area (Å²) in [7, 11) is 0. The third-order valence-corrected chi connectivity index (χ3v) is 5.04. The van der Waals surface area contributed by atoms with Crippen LogP contribution in [-0.4, -0.2) is 44.9 Å². The van der Waals surface area contributed by atoms with Gasteiger partial charge < -0.3 is 14.0 Å². The smallest absolute Gasteiger partial charge is 0.414 e. The number of hydrogen-bond donors (Lipinski definition) is 0. The minimum Gasteiger partial charge on any atom is -0.473 e. The van der Waals surface area contributed by atoms with Crippen molar-refractivity contribution in [3.8, 4) is 11.6 Å². The van der Waals surface area contributed by atoms with E-state index >= 15 is 0 Å². The maximum atomic E-state index is 13.9. The summed E-state index contributed by atoms with van der Waals surface area (Å²) >= 11 is 0. The molecule has 4 aromatic rings. The highest BCUT2D eigenvalue weighted by atomic mass is 19.1. The molecule has 1 unspecified atom stereocenters. The number of carbonyl (C=O) groups excluding carboxylic acids is 1. The zero-order valence-electron chi connectivity index (χ0n) is 16.4. The fourth-order valence-corrected chi connectivity index (χ4v) is 3.56. The van der Waals surface area contributed by atoms with Gasteiger partial charge in [-0.3, -0.25) is 14.9 Å². The van der Waals surface area contributed by atoms with Crippen molar-refractivity contribution in [1.29, 1.82) is 0 Å². The van der Waals surface area contributed by atoms with E-state index in [1.165, 1.54) is 17.3 Å². The maximum absolute atomic E-state index is 13.9. The summed E-state index contributed by atoms with van der Waals surface area (Å²) in [6, 6.07) is 9.04. The molecule has 5 rings (SSSR count). The normalized spacial score (nSPS) is 16.0. The van der Waals surface area contributed by atoms with Crippen molar-refractivity contribution in [2.45, 2.75) is 12.8 Å². The molecule has 1 aliphatic rings. The van der Waals surface area contributed by atoms with Gasteiger partial charge in [-0.05, 0) is 30.3 Å². The molecule has 0 saturated carbocycles. The van der Waals surface area contributed by atoms with Crippen LogP contribution in [0.5, 0.6) is 5.88 Å². The molecule has 1 fully saturated rings. The third-order valence-electron chi connectivity index (χ3n) is 5.04. The number of carbonyl (C=O) groups is 1. The first-order chi connectivity index (χ1) is 15.2. The predicted octanol–water partition coefficient (Wildman–Crippen LogP) is 3.69. The van der Waals surface area contributed by atoms with Crippen LogP contribution in [0.3, 0.4) is 0 Å². The maximum Gasteiger partial charge on any atom is 0.414 e. The van der Waals surface area contributed by atoms with E-state index in [0.717, 1.165) is 10.9 Å².